The van der Waals surface area contributed by atoms with E-state index in [1.54, 1.807) is 31.2 Å². The highest BCUT2D eigenvalue weighted by atomic mass is 79.9. The summed E-state index contributed by atoms with van der Waals surface area (Å²) in [4.78, 5) is 21.6. The minimum atomic E-state index is -0.452. The maximum atomic E-state index is 11.4. The van der Waals surface area contributed by atoms with Gasteiger partial charge >= 0.3 is 5.97 Å². The highest BCUT2D eigenvalue weighted by Gasteiger charge is 2.22. The van der Waals surface area contributed by atoms with E-state index in [0.717, 1.165) is 10.0 Å². The molecule has 0 saturated carbocycles. The third kappa shape index (κ3) is 4.83. The summed E-state index contributed by atoms with van der Waals surface area (Å²) in [5.74, 6) is -0.862. The van der Waals surface area contributed by atoms with E-state index >= 15 is 0 Å². The Balaban J connectivity index is 2.80. The van der Waals surface area contributed by atoms with Crippen molar-refractivity contribution in [1.29, 1.82) is 0 Å². The quantitative estimate of drug-likeness (QED) is 0.460. The van der Waals surface area contributed by atoms with Crippen molar-refractivity contribution in [1.82, 2.24) is 0 Å². The van der Waals surface area contributed by atoms with Gasteiger partial charge in [0.2, 0.25) is 6.54 Å². The van der Waals surface area contributed by atoms with Crippen molar-refractivity contribution in [2.75, 3.05) is 13.2 Å². The minimum absolute atomic E-state index is 0.0243. The maximum Gasteiger partial charge on any atom is 0.306 e. The number of ether oxygens (including phenoxy) is 1. The third-order valence-corrected chi connectivity index (χ3v) is 2.96. The number of nitrogens with zero attached hydrogens (tertiary/aromatic N) is 1. The fourth-order valence-electron chi connectivity index (χ4n) is 1.62. The van der Waals surface area contributed by atoms with Crippen molar-refractivity contribution in [2.24, 2.45) is 0 Å². The molecule has 1 aromatic carbocycles. The molecule has 0 N–H and O–H groups in total. The molecule has 0 aliphatic rings. The fraction of sp³-hybridized carbons (Fsp3) is 0.417. The molecule has 0 aliphatic heterocycles. The summed E-state index contributed by atoms with van der Waals surface area (Å²) in [7, 11) is 0. The van der Waals surface area contributed by atoms with Crippen LogP contribution in [0.3, 0.4) is 0 Å². The second-order valence-corrected chi connectivity index (χ2v) is 4.69. The first-order chi connectivity index (χ1) is 8.52. The molecule has 1 atom stereocenters. The Morgan fingerprint density at radius 1 is 1.44 bits per heavy atom. The van der Waals surface area contributed by atoms with E-state index in [9.17, 15) is 14.9 Å². The highest BCUT2D eigenvalue weighted by molar-refractivity contribution is 9.10. The van der Waals surface area contributed by atoms with E-state index in [1.165, 1.54) is 0 Å². The average molecular weight is 316 g/mol. The van der Waals surface area contributed by atoms with Crippen LogP contribution in [0.15, 0.2) is 28.7 Å². The van der Waals surface area contributed by atoms with Gasteiger partial charge in [0.1, 0.15) is 0 Å². The predicted octanol–water partition coefficient (Wildman–Crippen LogP) is 2.76. The van der Waals surface area contributed by atoms with E-state index in [-0.39, 0.29) is 19.6 Å². The third-order valence-electron chi connectivity index (χ3n) is 2.43. The Morgan fingerprint density at radius 2 is 2.06 bits per heavy atom. The zero-order valence-corrected chi connectivity index (χ0v) is 11.6. The van der Waals surface area contributed by atoms with Crippen molar-refractivity contribution < 1.29 is 14.5 Å². The fourth-order valence-corrected chi connectivity index (χ4v) is 1.89. The molecule has 0 aromatic heterocycles. The number of hydrogen-bond donors (Lipinski definition) is 0. The van der Waals surface area contributed by atoms with Crippen LogP contribution in [-0.4, -0.2) is 24.0 Å². The van der Waals surface area contributed by atoms with E-state index in [2.05, 4.69) is 15.9 Å². The van der Waals surface area contributed by atoms with Crippen LogP contribution in [0.1, 0.15) is 24.8 Å². The van der Waals surface area contributed by atoms with Crippen molar-refractivity contribution in [3.8, 4) is 0 Å². The van der Waals surface area contributed by atoms with Gasteiger partial charge < -0.3 is 4.74 Å². The molecule has 1 aromatic rings. The number of halogens is 1. The van der Waals surface area contributed by atoms with Crippen LogP contribution in [0.5, 0.6) is 0 Å². The van der Waals surface area contributed by atoms with Gasteiger partial charge in [-0.15, -0.1) is 0 Å². The summed E-state index contributed by atoms with van der Waals surface area (Å²) in [6.07, 6.45) is 0.0243. The second kappa shape index (κ2) is 7.10. The first-order valence-corrected chi connectivity index (χ1v) is 6.35. The number of rotatable bonds is 6. The summed E-state index contributed by atoms with van der Waals surface area (Å²) in [5, 5.41) is 10.6. The molecule has 98 valence electrons. The molecule has 0 spiro atoms. The monoisotopic (exact) mass is 315 g/mol. The Hall–Kier alpha value is -1.43. The van der Waals surface area contributed by atoms with Gasteiger partial charge in [-0.2, -0.15) is 0 Å². The Labute approximate surface area is 113 Å². The van der Waals surface area contributed by atoms with Gasteiger partial charge in [0.25, 0.3) is 0 Å². The lowest BCUT2D eigenvalue weighted by Gasteiger charge is -2.12. The molecule has 5 nitrogen and oxygen atoms in total. The molecular formula is C12H14BrNO4. The average Bonchev–Trinajstić information content (AvgIpc) is 2.28. The van der Waals surface area contributed by atoms with Gasteiger partial charge in [-0.25, -0.2) is 0 Å². The molecule has 0 fully saturated rings. The second-order valence-electron chi connectivity index (χ2n) is 3.77. The normalized spacial score (nSPS) is 11.9. The van der Waals surface area contributed by atoms with Gasteiger partial charge in [-0.05, 0) is 24.6 Å². The Morgan fingerprint density at radius 3 is 2.56 bits per heavy atom. The van der Waals surface area contributed by atoms with Crippen LogP contribution < -0.4 is 0 Å². The summed E-state index contributed by atoms with van der Waals surface area (Å²) < 4.78 is 5.72. The Bertz CT molecular complexity index is 419. The van der Waals surface area contributed by atoms with Crippen molar-refractivity contribution >= 4 is 21.9 Å². The molecule has 6 heteroatoms. The summed E-state index contributed by atoms with van der Waals surface area (Å²) >= 11 is 3.30. The van der Waals surface area contributed by atoms with Gasteiger partial charge in [0.05, 0.1) is 18.9 Å². The lowest BCUT2D eigenvalue weighted by Crippen LogP contribution is -2.18. The SMILES string of the molecule is CCOC(=O)C[C@@H](C[N+](=O)[O-])c1ccc(Br)cc1. The maximum absolute atomic E-state index is 11.4. The van der Waals surface area contributed by atoms with Crippen molar-refractivity contribution in [2.45, 2.75) is 19.3 Å². The Kier molecular flexibility index (Phi) is 5.77. The van der Waals surface area contributed by atoms with E-state index in [1.807, 2.05) is 0 Å². The first kappa shape index (κ1) is 14.6. The van der Waals surface area contributed by atoms with Gasteiger partial charge in [0, 0.05) is 9.40 Å². The molecule has 0 amide bonds. The standard InChI is InChI=1S/C12H14BrNO4/c1-2-18-12(15)7-10(8-14(16)17)9-3-5-11(13)6-4-9/h3-6,10H,2,7-8H2,1H3/t10-/m0/s1. The van der Waals surface area contributed by atoms with Crippen LogP contribution >= 0.6 is 15.9 Å². The smallest absolute Gasteiger partial charge is 0.306 e. The number of benzene rings is 1. The largest absolute Gasteiger partial charge is 0.466 e. The molecule has 0 bridgehead atoms. The molecule has 0 saturated heterocycles. The number of carbonyl (C=O) groups is 1. The molecule has 0 aliphatic carbocycles. The molecular weight excluding hydrogens is 302 g/mol. The lowest BCUT2D eigenvalue weighted by atomic mass is 9.96. The van der Waals surface area contributed by atoms with Crippen molar-refractivity contribution in [3.63, 3.8) is 0 Å². The van der Waals surface area contributed by atoms with Crippen LogP contribution in [0.25, 0.3) is 0 Å². The molecule has 1 rings (SSSR count). The van der Waals surface area contributed by atoms with Crippen LogP contribution in [0.2, 0.25) is 0 Å². The number of carbonyl (C=O) groups excluding carboxylic acids is 1. The predicted molar refractivity (Wildman–Crippen MR) is 70.0 cm³/mol. The van der Waals surface area contributed by atoms with Crippen LogP contribution in [0, 0.1) is 10.1 Å². The topological polar surface area (TPSA) is 69.4 Å². The van der Waals surface area contributed by atoms with Gasteiger partial charge in [-0.3, -0.25) is 14.9 Å². The number of esters is 1. The lowest BCUT2D eigenvalue weighted by molar-refractivity contribution is -0.483. The summed E-state index contributed by atoms with van der Waals surface area (Å²) in [6, 6.07) is 7.15. The number of hydrogen-bond acceptors (Lipinski definition) is 4. The van der Waals surface area contributed by atoms with E-state index < -0.39 is 16.8 Å². The van der Waals surface area contributed by atoms with Crippen LogP contribution in [-0.2, 0) is 9.53 Å². The van der Waals surface area contributed by atoms with Gasteiger partial charge in [0.15, 0.2) is 0 Å². The zero-order valence-electron chi connectivity index (χ0n) is 9.97. The molecule has 18 heavy (non-hydrogen) atoms. The van der Waals surface area contributed by atoms with E-state index in [0.29, 0.717) is 0 Å². The summed E-state index contributed by atoms with van der Waals surface area (Å²) in [6.45, 7) is 1.71. The van der Waals surface area contributed by atoms with Crippen molar-refractivity contribution in [3.05, 3.63) is 44.4 Å². The summed E-state index contributed by atoms with van der Waals surface area (Å²) in [5.41, 5.74) is 0.767. The van der Waals surface area contributed by atoms with Gasteiger partial charge in [-0.1, -0.05) is 28.1 Å². The molecule has 0 heterocycles. The first-order valence-electron chi connectivity index (χ1n) is 5.55. The highest BCUT2D eigenvalue weighted by Crippen LogP contribution is 2.22. The zero-order chi connectivity index (χ0) is 13.5. The minimum Gasteiger partial charge on any atom is -0.466 e. The molecule has 0 unspecified atom stereocenters. The molecule has 0 radical (unpaired) electrons. The van der Waals surface area contributed by atoms with Crippen LogP contribution in [0.4, 0.5) is 0 Å². The van der Waals surface area contributed by atoms with E-state index in [4.69, 9.17) is 4.74 Å². The number of nitro groups is 1.